The van der Waals surface area contributed by atoms with Crippen LogP contribution in [0.25, 0.3) is 12.2 Å². The molecule has 21 fully saturated rings. The third-order valence-corrected chi connectivity index (χ3v) is 17.2. The van der Waals surface area contributed by atoms with E-state index in [0.29, 0.717) is 5.56 Å². The van der Waals surface area contributed by atoms with Crippen molar-refractivity contribution in [2.75, 3.05) is 52.8 Å². The predicted octanol–water partition coefficient (Wildman–Crippen LogP) is -13.2. The zero-order valence-electron chi connectivity index (χ0n) is 51.9. The van der Waals surface area contributed by atoms with E-state index >= 15 is 0 Å². The number of benzene rings is 2. The minimum Gasteiger partial charge on any atom is -0.508 e. The smallest absolute Gasteiger partial charge is 0.317 e. The lowest BCUT2D eigenvalue weighted by atomic mass is 9.95. The van der Waals surface area contributed by atoms with Crippen molar-refractivity contribution in [3.05, 3.63) is 53.6 Å². The zero-order chi connectivity index (χ0) is 72.6. The Morgan fingerprint density at radius 2 is 0.475 bits per heavy atom. The number of rotatable bonds is 10. The van der Waals surface area contributed by atoms with Crippen LogP contribution in [0.4, 0.5) is 0 Å². The molecule has 23 rings (SSSR count). The molecule has 564 valence electrons. The number of aromatic hydroxyl groups is 3. The molecule has 0 aromatic heterocycles. The Morgan fingerprint density at radius 3 is 0.646 bits per heavy atom. The molecule has 35 atom stereocenters. The molecule has 14 bridgehead atoms. The van der Waals surface area contributed by atoms with E-state index in [1.54, 1.807) is 42.5 Å². The highest BCUT2D eigenvalue weighted by atomic mass is 16.8. The minimum atomic E-state index is -2.21. The highest BCUT2D eigenvalue weighted by Gasteiger charge is 2.59. The number of nitrogens with two attached hydrogens (primary N) is 1. The quantitative estimate of drug-likeness (QED) is 0.0982. The summed E-state index contributed by atoms with van der Waals surface area (Å²) >= 11 is 0. The summed E-state index contributed by atoms with van der Waals surface area (Å²) < 4.78 is 79.5. The van der Waals surface area contributed by atoms with Gasteiger partial charge < -0.3 is 200 Å². The van der Waals surface area contributed by atoms with Crippen LogP contribution in [0.15, 0.2) is 42.5 Å². The Kier molecular flexibility index (Phi) is 29.1. The molecule has 41 nitrogen and oxygen atoms in total. The molecule has 0 amide bonds. The van der Waals surface area contributed by atoms with Gasteiger partial charge in [-0.25, -0.2) is 0 Å². The van der Waals surface area contributed by atoms with Crippen LogP contribution in [-0.2, 0) is 71.1 Å². The normalized spacial score (nSPS) is 45.3. The van der Waals surface area contributed by atoms with Gasteiger partial charge in [-0.05, 0) is 35.4 Å². The average molecular weight is 1440 g/mol. The first kappa shape index (κ1) is 80.3. The van der Waals surface area contributed by atoms with Crippen molar-refractivity contribution in [2.45, 2.75) is 215 Å². The molecule has 21 aliphatic rings. The number of aliphatic carboxylic acids is 1. The maximum Gasteiger partial charge on any atom is 0.317 e. The van der Waals surface area contributed by atoms with Crippen LogP contribution >= 0.6 is 0 Å². The van der Waals surface area contributed by atoms with Crippen LogP contribution in [0.3, 0.4) is 0 Å². The molecule has 21 saturated heterocycles. The summed E-state index contributed by atoms with van der Waals surface area (Å²) in [7, 11) is 0. The van der Waals surface area contributed by atoms with Gasteiger partial charge in [-0.2, -0.15) is 0 Å². The number of aliphatic hydroxyl groups is 21. The molecule has 0 radical (unpaired) electrons. The summed E-state index contributed by atoms with van der Waals surface area (Å²) in [5, 5.41) is 266. The van der Waals surface area contributed by atoms with Crippen LogP contribution in [0.5, 0.6) is 17.2 Å². The van der Waals surface area contributed by atoms with Crippen LogP contribution < -0.4 is 5.73 Å². The number of carboxylic acid groups (broad SMARTS) is 1. The van der Waals surface area contributed by atoms with Crippen LogP contribution in [-0.4, -0.2) is 401 Å². The van der Waals surface area contributed by atoms with Gasteiger partial charge in [0, 0.05) is 6.07 Å². The molecule has 99 heavy (non-hydrogen) atoms. The van der Waals surface area contributed by atoms with Crippen LogP contribution in [0.2, 0.25) is 0 Å². The summed E-state index contributed by atoms with van der Waals surface area (Å²) in [4.78, 5) is 9.24. The van der Waals surface area contributed by atoms with Gasteiger partial charge >= 0.3 is 5.97 Å². The Morgan fingerprint density at radius 1 is 0.293 bits per heavy atom. The van der Waals surface area contributed by atoms with Crippen molar-refractivity contribution in [2.24, 2.45) is 5.73 Å². The standard InChI is InChI=1S/C42H70O35.C14H12O3.C2H5NO2/c43-1-8-29-15(50)22(57)36(64-8)72-30-9(2-44)66-38(24(59)17(30)52)74-32-11(4-46)68-40(26(61)19(32)54)76-34-13(6-48)70-42(28(63)21(34)56)77-35-14(7-49)69-41(27(62)20(35)55)75-33-12(5-47)67-39(25(60)18(33)53)73-31-10(3-45)65-37(71-29)23(58)16(31)51;15-12-5-3-10(4-6-12)1-2-11-7-13(16)9-14(17)8-11;3-1-2(4)5/h8-63H,1-7H2;1-9,15-17H;1,3H2,(H,4,5)/t8-,9-,10-,11-,12-,13-,14-,15-,16-,17-,18-,19-,20-,21-,22-,23-,24-,25-,26-,27-,28-,29-,30-,31-,32-,33-,34-,35-,36-,37-,38-,39-,40-,41-,42-;;/m1../s1. The fraction of sp³-hybridized carbons (Fsp3) is 0.741. The molecule has 21 aliphatic heterocycles. The Labute approximate surface area is 559 Å². The van der Waals surface area contributed by atoms with E-state index in [0.717, 1.165) is 5.56 Å². The summed E-state index contributed by atoms with van der Waals surface area (Å²) in [6.07, 6.45) is -66.6. The van der Waals surface area contributed by atoms with E-state index in [9.17, 15) is 122 Å². The fourth-order valence-electron chi connectivity index (χ4n) is 11.9. The fourth-order valence-corrected chi connectivity index (χ4v) is 11.9. The average Bonchev–Trinajstić information content (AvgIpc) is 0.865. The Bertz CT molecular complexity index is 2430. The number of carbonyl (C=O) groups is 1. The van der Waals surface area contributed by atoms with Crippen molar-refractivity contribution in [3.63, 3.8) is 0 Å². The molecule has 2 aromatic rings. The van der Waals surface area contributed by atoms with Crippen molar-refractivity contribution < 1.29 is 199 Å². The van der Waals surface area contributed by atoms with Crippen molar-refractivity contribution in [3.8, 4) is 17.2 Å². The van der Waals surface area contributed by atoms with Gasteiger partial charge in [-0.3, -0.25) is 4.79 Å². The van der Waals surface area contributed by atoms with E-state index in [-0.39, 0.29) is 23.8 Å². The second-order valence-electron chi connectivity index (χ2n) is 24.0. The van der Waals surface area contributed by atoms with Crippen LogP contribution in [0, 0.1) is 0 Å². The van der Waals surface area contributed by atoms with Gasteiger partial charge in [0.05, 0.1) is 52.8 Å². The lowest BCUT2D eigenvalue weighted by Crippen LogP contribution is -2.68. The van der Waals surface area contributed by atoms with E-state index in [4.69, 9.17) is 76.5 Å². The first-order valence-corrected chi connectivity index (χ1v) is 30.9. The number of hydrogen-bond donors (Lipinski definition) is 26. The molecule has 41 heteroatoms. The molecule has 27 N–H and O–H groups in total. The van der Waals surface area contributed by atoms with Crippen molar-refractivity contribution >= 4 is 18.1 Å². The molecule has 0 spiro atoms. The molecule has 2 aromatic carbocycles. The van der Waals surface area contributed by atoms with Gasteiger partial charge in [-0.1, -0.05) is 24.3 Å². The molecule has 0 saturated carbocycles. The highest BCUT2D eigenvalue weighted by molar-refractivity contribution is 5.71. The maximum atomic E-state index is 11.3. The number of phenolic OH excluding ortho intramolecular Hbond substituents is 3. The summed E-state index contributed by atoms with van der Waals surface area (Å²) in [5.74, 6) is -0.701. The summed E-state index contributed by atoms with van der Waals surface area (Å²) in [6.45, 7) is -7.61. The summed E-state index contributed by atoms with van der Waals surface area (Å²) in [6, 6.07) is 11.1. The first-order valence-electron chi connectivity index (χ1n) is 30.9. The lowest BCUT2D eigenvalue weighted by Gasteiger charge is -2.50. The maximum absolute atomic E-state index is 11.3. The lowest BCUT2D eigenvalue weighted by molar-refractivity contribution is -0.396. The first-order chi connectivity index (χ1) is 47.1. The molecule has 21 heterocycles. The number of phenols is 3. The Balaban J connectivity index is 0.000000481. The molecular weight excluding hydrogens is 1350 g/mol. The number of ether oxygens (including phenoxy) is 14. The third kappa shape index (κ3) is 18.4. The van der Waals surface area contributed by atoms with Gasteiger partial charge in [0.1, 0.15) is 188 Å². The van der Waals surface area contributed by atoms with E-state index in [2.05, 4.69) is 5.73 Å². The number of hydrogen-bond acceptors (Lipinski definition) is 40. The molecule has 0 aliphatic carbocycles. The van der Waals surface area contributed by atoms with E-state index in [1.807, 2.05) is 6.08 Å². The minimum absolute atomic E-state index is 0.0235. The van der Waals surface area contributed by atoms with Gasteiger partial charge in [0.15, 0.2) is 44.0 Å². The predicted molar refractivity (Wildman–Crippen MR) is 312 cm³/mol. The SMILES string of the molecule is NCC(=O)O.OC[C@H]1O[C@@H]2O[C@H]3[C@H](O)[C@@H](O)[C@@H](O[C@H]4[C@H](O)[C@@H](O)[C@@H](O[C@H]5[C@H](O)[C@@H](O)[C@@H](O[C@H]6[C@H](O)[C@@H](O)[C@@H](O[C@H]7[C@H](O)[C@@H](O)[C@@H](O[C@H]8[C@H](O)[C@@H](O)[C@@H](O[C@H]1[C@H](O)[C@H]2O)O[C@@H]8CO)O[C@@H]7CO)O[C@@H]6CO)O[C@@H]5CO)O[C@@H]4CO)O[C@@H]3CO.Oc1ccc(C=Cc2cc(O)cc(O)c2)cc1. The topological polar surface area (TPSA) is 678 Å². The van der Waals surface area contributed by atoms with Crippen LogP contribution in [0.1, 0.15) is 11.1 Å². The summed E-state index contributed by atoms with van der Waals surface area (Å²) in [5.41, 5.74) is 6.20. The van der Waals surface area contributed by atoms with Gasteiger partial charge in [-0.15, -0.1) is 0 Å². The Hall–Kier alpha value is -4.39. The second-order valence-corrected chi connectivity index (χ2v) is 24.0. The zero-order valence-corrected chi connectivity index (χ0v) is 51.9. The molecular formula is C58H87NO40. The van der Waals surface area contributed by atoms with E-state index < -0.39 is 267 Å². The monoisotopic (exact) mass is 1440 g/mol. The highest BCUT2D eigenvalue weighted by Crippen LogP contribution is 2.39. The van der Waals surface area contributed by atoms with Crippen molar-refractivity contribution in [1.29, 1.82) is 0 Å². The van der Waals surface area contributed by atoms with Gasteiger partial charge in [0.25, 0.3) is 0 Å². The number of aliphatic hydroxyl groups excluding tert-OH is 21. The van der Waals surface area contributed by atoms with E-state index in [1.165, 1.54) is 6.07 Å². The van der Waals surface area contributed by atoms with Gasteiger partial charge in [0.2, 0.25) is 0 Å². The second kappa shape index (κ2) is 35.9. The molecule has 0 unspecified atom stereocenters. The number of carboxylic acids is 1. The van der Waals surface area contributed by atoms with Crippen molar-refractivity contribution in [1.82, 2.24) is 0 Å². The largest absolute Gasteiger partial charge is 0.508 e. The third-order valence-electron chi connectivity index (χ3n) is 17.2.